The van der Waals surface area contributed by atoms with Gasteiger partial charge in [-0.15, -0.1) is 0 Å². The predicted molar refractivity (Wildman–Crippen MR) is 70.3 cm³/mol. The van der Waals surface area contributed by atoms with Gasteiger partial charge in [-0.05, 0) is 29.7 Å². The molecule has 1 aromatic carbocycles. The first-order valence-electron chi connectivity index (χ1n) is 6.41. The molecule has 1 saturated heterocycles. The SMILES string of the molecule is O=C(O)C=Cc1cccc(CN2C(=O)C3CC3C2=O)c1. The summed E-state index contributed by atoms with van der Waals surface area (Å²) in [7, 11) is 0. The summed E-state index contributed by atoms with van der Waals surface area (Å²) in [6.07, 6.45) is 3.24. The Bertz CT molecular complexity index is 615. The Morgan fingerprint density at radius 1 is 1.30 bits per heavy atom. The molecule has 0 spiro atoms. The van der Waals surface area contributed by atoms with E-state index in [4.69, 9.17) is 5.11 Å². The molecule has 3 rings (SSSR count). The standard InChI is InChI=1S/C15H13NO4/c17-13(18)5-4-9-2-1-3-10(6-9)8-16-14(19)11-7-12(11)15(16)20/h1-6,11-12H,7-8H2,(H,17,18). The van der Waals surface area contributed by atoms with Gasteiger partial charge in [0.25, 0.3) is 0 Å². The average Bonchev–Trinajstić information content (AvgIpc) is 3.17. The van der Waals surface area contributed by atoms with Crippen LogP contribution in [0.1, 0.15) is 17.5 Å². The van der Waals surface area contributed by atoms with Crippen LogP contribution >= 0.6 is 0 Å². The molecule has 20 heavy (non-hydrogen) atoms. The normalized spacial score (nSPS) is 24.3. The van der Waals surface area contributed by atoms with Crippen LogP contribution in [-0.2, 0) is 20.9 Å². The molecule has 2 unspecified atom stereocenters. The molecule has 1 aromatic rings. The van der Waals surface area contributed by atoms with Gasteiger partial charge in [0, 0.05) is 6.08 Å². The zero-order valence-corrected chi connectivity index (χ0v) is 10.7. The van der Waals surface area contributed by atoms with Crippen molar-refractivity contribution in [3.63, 3.8) is 0 Å². The summed E-state index contributed by atoms with van der Waals surface area (Å²) in [4.78, 5) is 35.5. The summed E-state index contributed by atoms with van der Waals surface area (Å²) in [5, 5.41) is 8.59. The first kappa shape index (κ1) is 12.6. The quantitative estimate of drug-likeness (QED) is 0.661. The maximum Gasteiger partial charge on any atom is 0.328 e. The smallest absolute Gasteiger partial charge is 0.328 e. The van der Waals surface area contributed by atoms with E-state index in [1.54, 1.807) is 18.2 Å². The summed E-state index contributed by atoms with van der Waals surface area (Å²) < 4.78 is 0. The molecule has 0 bridgehead atoms. The number of likely N-dealkylation sites (tertiary alicyclic amines) is 1. The Kier molecular flexibility index (Phi) is 2.89. The number of rotatable bonds is 4. The van der Waals surface area contributed by atoms with Crippen molar-refractivity contribution in [2.45, 2.75) is 13.0 Å². The lowest BCUT2D eigenvalue weighted by Crippen LogP contribution is -2.32. The predicted octanol–water partition coefficient (Wildman–Crippen LogP) is 1.29. The van der Waals surface area contributed by atoms with Gasteiger partial charge in [0.1, 0.15) is 0 Å². The Hall–Kier alpha value is -2.43. The highest BCUT2D eigenvalue weighted by atomic mass is 16.4. The van der Waals surface area contributed by atoms with Crippen LogP contribution in [0.3, 0.4) is 0 Å². The van der Waals surface area contributed by atoms with Crippen LogP contribution in [0.15, 0.2) is 30.3 Å². The largest absolute Gasteiger partial charge is 0.478 e. The zero-order valence-electron chi connectivity index (χ0n) is 10.7. The number of imide groups is 1. The van der Waals surface area contributed by atoms with Gasteiger partial charge in [-0.25, -0.2) is 4.79 Å². The van der Waals surface area contributed by atoms with Crippen molar-refractivity contribution in [1.29, 1.82) is 0 Å². The molecule has 2 atom stereocenters. The van der Waals surface area contributed by atoms with Crippen molar-refractivity contribution >= 4 is 23.9 Å². The second-order valence-electron chi connectivity index (χ2n) is 5.13. The number of carboxylic acids is 1. The first-order chi connectivity index (χ1) is 9.56. The van der Waals surface area contributed by atoms with Crippen molar-refractivity contribution < 1.29 is 19.5 Å². The Balaban J connectivity index is 1.75. The van der Waals surface area contributed by atoms with E-state index in [1.807, 2.05) is 6.07 Å². The van der Waals surface area contributed by atoms with Crippen LogP contribution < -0.4 is 0 Å². The van der Waals surface area contributed by atoms with Crippen LogP contribution in [0.4, 0.5) is 0 Å². The summed E-state index contributed by atoms with van der Waals surface area (Å²) in [5.41, 5.74) is 1.55. The highest BCUT2D eigenvalue weighted by Crippen LogP contribution is 2.47. The van der Waals surface area contributed by atoms with E-state index < -0.39 is 5.97 Å². The van der Waals surface area contributed by atoms with E-state index in [1.165, 1.54) is 11.0 Å². The summed E-state index contributed by atoms with van der Waals surface area (Å²) in [5.74, 6) is -1.34. The maximum atomic E-state index is 11.9. The molecule has 2 aliphatic rings. The molecule has 1 heterocycles. The number of hydrogen-bond donors (Lipinski definition) is 1. The number of carbonyl (C=O) groups is 3. The maximum absolute atomic E-state index is 11.9. The lowest BCUT2D eigenvalue weighted by atomic mass is 10.1. The fourth-order valence-corrected chi connectivity index (χ4v) is 2.55. The number of carboxylic acid groups (broad SMARTS) is 1. The third-order valence-corrected chi connectivity index (χ3v) is 3.67. The number of piperidine rings is 1. The topological polar surface area (TPSA) is 74.7 Å². The van der Waals surface area contributed by atoms with E-state index in [9.17, 15) is 14.4 Å². The van der Waals surface area contributed by atoms with Crippen LogP contribution in [0.2, 0.25) is 0 Å². The molecular weight excluding hydrogens is 258 g/mol. The second-order valence-corrected chi connectivity index (χ2v) is 5.13. The van der Waals surface area contributed by atoms with Crippen LogP contribution in [0.25, 0.3) is 6.08 Å². The van der Waals surface area contributed by atoms with E-state index in [0.717, 1.165) is 17.2 Å². The molecule has 0 radical (unpaired) electrons. The van der Waals surface area contributed by atoms with Crippen molar-refractivity contribution in [2.75, 3.05) is 0 Å². The monoisotopic (exact) mass is 271 g/mol. The number of nitrogens with zero attached hydrogens (tertiary/aromatic N) is 1. The third kappa shape index (κ3) is 2.22. The Labute approximate surface area is 115 Å². The van der Waals surface area contributed by atoms with Crippen molar-refractivity contribution in [1.82, 2.24) is 4.90 Å². The van der Waals surface area contributed by atoms with Crippen molar-refractivity contribution in [3.8, 4) is 0 Å². The molecule has 1 N–H and O–H groups in total. The van der Waals surface area contributed by atoms with Crippen molar-refractivity contribution in [2.24, 2.45) is 11.8 Å². The van der Waals surface area contributed by atoms with Gasteiger partial charge in [0.15, 0.2) is 0 Å². The minimum atomic E-state index is -1.01. The Morgan fingerprint density at radius 2 is 2.00 bits per heavy atom. The lowest BCUT2D eigenvalue weighted by Gasteiger charge is -2.16. The highest BCUT2D eigenvalue weighted by molar-refractivity contribution is 6.08. The average molecular weight is 271 g/mol. The molecule has 1 aliphatic carbocycles. The van der Waals surface area contributed by atoms with E-state index >= 15 is 0 Å². The van der Waals surface area contributed by atoms with Gasteiger partial charge in [0.2, 0.25) is 11.8 Å². The number of aliphatic carboxylic acids is 1. The van der Waals surface area contributed by atoms with Crippen LogP contribution in [-0.4, -0.2) is 27.8 Å². The third-order valence-electron chi connectivity index (χ3n) is 3.67. The van der Waals surface area contributed by atoms with Crippen LogP contribution in [0.5, 0.6) is 0 Å². The molecule has 5 nitrogen and oxygen atoms in total. The number of carbonyl (C=O) groups excluding carboxylic acids is 2. The number of fused-ring (bicyclic) bond motifs is 1. The fraction of sp³-hybridized carbons (Fsp3) is 0.267. The minimum Gasteiger partial charge on any atom is -0.478 e. The zero-order chi connectivity index (χ0) is 14.3. The van der Waals surface area contributed by atoms with Crippen molar-refractivity contribution in [3.05, 3.63) is 41.5 Å². The molecule has 1 saturated carbocycles. The molecule has 2 amide bonds. The Morgan fingerprint density at radius 3 is 2.65 bits per heavy atom. The molecular formula is C15H13NO4. The van der Waals surface area contributed by atoms with E-state index in [0.29, 0.717) is 6.42 Å². The lowest BCUT2D eigenvalue weighted by molar-refractivity contribution is -0.142. The van der Waals surface area contributed by atoms with E-state index in [2.05, 4.69) is 0 Å². The van der Waals surface area contributed by atoms with Gasteiger partial charge in [0.05, 0.1) is 18.4 Å². The second kappa shape index (κ2) is 4.59. The van der Waals surface area contributed by atoms with Gasteiger partial charge < -0.3 is 5.11 Å². The van der Waals surface area contributed by atoms with Gasteiger partial charge in [-0.2, -0.15) is 0 Å². The molecule has 102 valence electrons. The van der Waals surface area contributed by atoms with Gasteiger partial charge in [-0.3, -0.25) is 14.5 Å². The number of hydrogen-bond acceptors (Lipinski definition) is 3. The number of benzene rings is 1. The molecule has 5 heteroatoms. The summed E-state index contributed by atoms with van der Waals surface area (Å²) in [6, 6.07) is 7.16. The highest BCUT2D eigenvalue weighted by Gasteiger charge is 2.58. The van der Waals surface area contributed by atoms with Gasteiger partial charge in [-0.1, -0.05) is 18.2 Å². The van der Waals surface area contributed by atoms with Gasteiger partial charge >= 0.3 is 5.97 Å². The number of amides is 2. The first-order valence-corrected chi connectivity index (χ1v) is 6.41. The molecule has 2 fully saturated rings. The fourth-order valence-electron chi connectivity index (χ4n) is 2.55. The summed E-state index contributed by atoms with van der Waals surface area (Å²) >= 11 is 0. The summed E-state index contributed by atoms with van der Waals surface area (Å²) in [6.45, 7) is 0.263. The van der Waals surface area contributed by atoms with E-state index in [-0.39, 0.29) is 30.2 Å². The molecule has 0 aromatic heterocycles. The van der Waals surface area contributed by atoms with Crippen LogP contribution in [0, 0.1) is 11.8 Å². The minimum absolute atomic E-state index is 0.0773. The molecule has 1 aliphatic heterocycles.